The molecule has 2 aromatic rings. The maximum absolute atomic E-state index is 12.9. The van der Waals surface area contributed by atoms with Gasteiger partial charge < -0.3 is 10.1 Å². The number of carbonyl (C=O) groups is 1. The summed E-state index contributed by atoms with van der Waals surface area (Å²) in [4.78, 5) is 16.4. The van der Waals surface area contributed by atoms with Crippen LogP contribution in [0, 0.1) is 5.92 Å². The number of carbonyl (C=O) groups excluding carboxylic acids is 1. The fourth-order valence-corrected chi connectivity index (χ4v) is 6.58. The van der Waals surface area contributed by atoms with E-state index >= 15 is 0 Å². The molecule has 1 spiro atoms. The summed E-state index contributed by atoms with van der Waals surface area (Å²) in [5.74, 6) is 1.50. The van der Waals surface area contributed by atoms with Gasteiger partial charge in [-0.1, -0.05) is 18.2 Å². The normalized spacial score (nSPS) is 35.6. The minimum atomic E-state index is 0.117. The third kappa shape index (κ3) is 2.23. The van der Waals surface area contributed by atoms with Gasteiger partial charge in [-0.15, -0.1) is 11.3 Å². The topological polar surface area (TPSA) is 41.6 Å². The van der Waals surface area contributed by atoms with Crippen LogP contribution in [-0.4, -0.2) is 48.7 Å². The van der Waals surface area contributed by atoms with E-state index in [2.05, 4.69) is 34.5 Å². The van der Waals surface area contributed by atoms with E-state index in [-0.39, 0.29) is 5.91 Å². The van der Waals surface area contributed by atoms with E-state index < -0.39 is 0 Å². The van der Waals surface area contributed by atoms with Crippen molar-refractivity contribution in [3.05, 3.63) is 34.7 Å². The van der Waals surface area contributed by atoms with Crippen LogP contribution in [0.25, 0.3) is 10.1 Å². The number of nitrogens with zero attached hydrogens (tertiary/aromatic N) is 1. The van der Waals surface area contributed by atoms with E-state index in [1.165, 1.54) is 48.0 Å². The maximum Gasteiger partial charge on any atom is 0.261 e. The van der Waals surface area contributed by atoms with Crippen molar-refractivity contribution >= 4 is 27.3 Å². The number of thiophene rings is 1. The first-order chi connectivity index (χ1) is 12.7. The minimum Gasteiger partial charge on any atom is -0.380 e. The SMILES string of the molecule is O=C(NC1CC12CC1CCN2CC1)c1cc2cccc(C3COC3)c2s1. The molecule has 4 saturated heterocycles. The monoisotopic (exact) mass is 368 g/mol. The Bertz CT molecular complexity index is 881. The molecule has 2 atom stereocenters. The summed E-state index contributed by atoms with van der Waals surface area (Å²) < 4.78 is 6.62. The molecule has 1 amide bonds. The van der Waals surface area contributed by atoms with Gasteiger partial charge in [-0.2, -0.15) is 0 Å². The number of piperidine rings is 3. The molecule has 4 nitrogen and oxygen atoms in total. The zero-order valence-corrected chi connectivity index (χ0v) is 15.7. The molecule has 136 valence electrons. The van der Waals surface area contributed by atoms with E-state index in [1.54, 1.807) is 11.3 Å². The lowest BCUT2D eigenvalue weighted by Crippen LogP contribution is -2.54. The number of benzene rings is 1. The molecule has 7 rings (SSSR count). The Morgan fingerprint density at radius 1 is 1.23 bits per heavy atom. The number of amides is 1. The van der Waals surface area contributed by atoms with Crippen molar-refractivity contribution < 1.29 is 9.53 Å². The Hall–Kier alpha value is -1.43. The first kappa shape index (κ1) is 15.6. The molecule has 5 fully saturated rings. The molecule has 1 aromatic carbocycles. The second-order valence-corrected chi connectivity index (χ2v) is 9.63. The van der Waals surface area contributed by atoms with Gasteiger partial charge in [0.15, 0.2) is 0 Å². The van der Waals surface area contributed by atoms with Crippen LogP contribution in [0.3, 0.4) is 0 Å². The van der Waals surface area contributed by atoms with Crippen molar-refractivity contribution in [3.63, 3.8) is 0 Å². The Morgan fingerprint density at radius 3 is 2.77 bits per heavy atom. The predicted molar refractivity (Wildman–Crippen MR) is 103 cm³/mol. The van der Waals surface area contributed by atoms with Crippen LogP contribution >= 0.6 is 11.3 Å². The molecule has 0 radical (unpaired) electrons. The lowest BCUT2D eigenvalue weighted by Gasteiger charge is -2.46. The smallest absolute Gasteiger partial charge is 0.261 e. The molecule has 1 aromatic heterocycles. The summed E-state index contributed by atoms with van der Waals surface area (Å²) in [6.45, 7) is 4.07. The summed E-state index contributed by atoms with van der Waals surface area (Å²) in [6.07, 6.45) is 5.14. The van der Waals surface area contributed by atoms with Crippen LogP contribution in [0.4, 0.5) is 0 Å². The quantitative estimate of drug-likeness (QED) is 0.903. The van der Waals surface area contributed by atoms with Gasteiger partial charge in [0, 0.05) is 22.2 Å². The highest BCUT2D eigenvalue weighted by Crippen LogP contribution is 2.53. The van der Waals surface area contributed by atoms with Crippen molar-refractivity contribution in [2.45, 2.75) is 43.2 Å². The third-order valence-electron chi connectivity index (χ3n) is 7.11. The van der Waals surface area contributed by atoms with E-state index in [1.807, 2.05) is 0 Å². The van der Waals surface area contributed by atoms with Crippen LogP contribution in [0.5, 0.6) is 0 Å². The summed E-state index contributed by atoms with van der Waals surface area (Å²) in [7, 11) is 0. The number of nitrogens with one attached hydrogen (secondary N) is 1. The molecular formula is C21H24N2O2S. The minimum absolute atomic E-state index is 0.117. The van der Waals surface area contributed by atoms with Gasteiger partial charge in [0.2, 0.25) is 0 Å². The highest BCUT2D eigenvalue weighted by atomic mass is 32.1. The van der Waals surface area contributed by atoms with Crippen LogP contribution in [-0.2, 0) is 4.74 Å². The Morgan fingerprint density at radius 2 is 2.08 bits per heavy atom. The van der Waals surface area contributed by atoms with Crippen molar-refractivity contribution in [3.8, 4) is 0 Å². The number of fused-ring (bicyclic) bond motifs is 3. The van der Waals surface area contributed by atoms with Gasteiger partial charge in [0.1, 0.15) is 0 Å². The van der Waals surface area contributed by atoms with E-state index in [9.17, 15) is 4.79 Å². The number of hydrogen-bond donors (Lipinski definition) is 1. The van der Waals surface area contributed by atoms with Gasteiger partial charge in [0.25, 0.3) is 5.91 Å². The Labute approximate surface area is 157 Å². The molecule has 5 aliphatic rings. The summed E-state index contributed by atoms with van der Waals surface area (Å²) in [5, 5.41) is 4.55. The van der Waals surface area contributed by atoms with E-state index in [4.69, 9.17) is 4.74 Å². The molecule has 2 bridgehead atoms. The molecular weight excluding hydrogens is 344 g/mol. The van der Waals surface area contributed by atoms with Gasteiger partial charge in [-0.05, 0) is 61.7 Å². The van der Waals surface area contributed by atoms with E-state index in [0.717, 1.165) is 30.4 Å². The molecule has 1 saturated carbocycles. The number of ether oxygens (including phenoxy) is 1. The molecule has 4 aliphatic heterocycles. The fraction of sp³-hybridized carbons (Fsp3) is 0.571. The predicted octanol–water partition coefficient (Wildman–Crippen LogP) is 3.37. The number of hydrogen-bond acceptors (Lipinski definition) is 4. The Kier molecular flexibility index (Phi) is 3.32. The first-order valence-corrected chi connectivity index (χ1v) is 10.7. The van der Waals surface area contributed by atoms with Gasteiger partial charge in [-0.25, -0.2) is 0 Å². The largest absolute Gasteiger partial charge is 0.380 e. The summed E-state index contributed by atoms with van der Waals surface area (Å²) in [6, 6.07) is 8.83. The van der Waals surface area contributed by atoms with Gasteiger partial charge in [-0.3, -0.25) is 9.69 Å². The average Bonchev–Trinajstić information content (AvgIpc) is 3.07. The van der Waals surface area contributed by atoms with Gasteiger partial charge >= 0.3 is 0 Å². The number of rotatable bonds is 3. The van der Waals surface area contributed by atoms with Gasteiger partial charge in [0.05, 0.1) is 18.1 Å². The Balaban J connectivity index is 1.23. The molecule has 1 N–H and O–H groups in total. The van der Waals surface area contributed by atoms with Crippen LogP contribution in [0.15, 0.2) is 24.3 Å². The highest BCUT2D eigenvalue weighted by molar-refractivity contribution is 7.21. The average molecular weight is 369 g/mol. The second-order valence-electron chi connectivity index (χ2n) is 8.58. The molecule has 1 aliphatic carbocycles. The second kappa shape index (κ2) is 5.54. The standard InChI is InChI=1S/C21H24N2O2S/c24-20(22-18-10-21(18)9-13-4-6-23(21)7-5-13)17-8-14-2-1-3-16(19(14)26-17)15-11-25-12-15/h1-3,8,13,15,18H,4-7,9-12H2,(H,22,24). The zero-order valence-electron chi connectivity index (χ0n) is 14.9. The van der Waals surface area contributed by atoms with E-state index in [0.29, 0.717) is 17.5 Å². The molecule has 2 unspecified atom stereocenters. The van der Waals surface area contributed by atoms with Crippen molar-refractivity contribution in [1.29, 1.82) is 0 Å². The van der Waals surface area contributed by atoms with Crippen LogP contribution in [0.1, 0.15) is 46.8 Å². The lowest BCUT2D eigenvalue weighted by molar-refractivity contribution is 0.00906. The van der Waals surface area contributed by atoms with Crippen molar-refractivity contribution in [2.75, 3.05) is 26.3 Å². The summed E-state index contributed by atoms with van der Waals surface area (Å²) in [5.41, 5.74) is 1.64. The zero-order chi connectivity index (χ0) is 17.3. The molecule has 5 heterocycles. The first-order valence-electron chi connectivity index (χ1n) is 9.89. The highest BCUT2D eigenvalue weighted by Gasteiger charge is 2.62. The third-order valence-corrected chi connectivity index (χ3v) is 8.31. The van der Waals surface area contributed by atoms with Crippen molar-refractivity contribution in [2.24, 2.45) is 5.92 Å². The summed E-state index contributed by atoms with van der Waals surface area (Å²) >= 11 is 1.65. The van der Waals surface area contributed by atoms with Crippen LogP contribution in [0.2, 0.25) is 0 Å². The van der Waals surface area contributed by atoms with Crippen molar-refractivity contribution in [1.82, 2.24) is 10.2 Å². The molecule has 26 heavy (non-hydrogen) atoms. The maximum atomic E-state index is 12.9. The molecule has 5 heteroatoms. The fourth-order valence-electron chi connectivity index (χ4n) is 5.43. The lowest BCUT2D eigenvalue weighted by atomic mass is 9.81. The van der Waals surface area contributed by atoms with Crippen LogP contribution < -0.4 is 5.32 Å².